The molecule has 0 aromatic heterocycles. The van der Waals surface area contributed by atoms with Gasteiger partial charge in [0.2, 0.25) is 0 Å². The lowest BCUT2D eigenvalue weighted by Crippen LogP contribution is -2.31. The van der Waals surface area contributed by atoms with E-state index in [2.05, 4.69) is 40.4 Å². The molecule has 1 N–H and O–H groups in total. The SMILES string of the molecule is CN(CCN1CCCC1)c1ccc2c(c1)NCCC2. The van der Waals surface area contributed by atoms with E-state index in [1.54, 1.807) is 0 Å². The maximum Gasteiger partial charge on any atom is 0.0393 e. The van der Waals surface area contributed by atoms with Gasteiger partial charge in [0.25, 0.3) is 0 Å². The van der Waals surface area contributed by atoms with Crippen molar-refractivity contribution in [2.45, 2.75) is 25.7 Å². The molecule has 104 valence electrons. The third kappa shape index (κ3) is 3.03. The van der Waals surface area contributed by atoms with E-state index in [-0.39, 0.29) is 0 Å². The van der Waals surface area contributed by atoms with Gasteiger partial charge in [-0.25, -0.2) is 0 Å². The highest BCUT2D eigenvalue weighted by molar-refractivity contribution is 5.63. The molecule has 0 unspecified atom stereocenters. The largest absolute Gasteiger partial charge is 0.385 e. The van der Waals surface area contributed by atoms with E-state index in [0.29, 0.717) is 0 Å². The fourth-order valence-corrected chi connectivity index (χ4v) is 3.11. The van der Waals surface area contributed by atoms with Gasteiger partial charge in [0.15, 0.2) is 0 Å². The number of hydrogen-bond donors (Lipinski definition) is 1. The standard InChI is InChI=1S/C16H25N3/c1-18(11-12-19-9-2-3-10-19)15-7-6-14-5-4-8-17-16(14)13-15/h6-7,13,17H,2-5,8-12H2,1H3. The molecular formula is C16H25N3. The van der Waals surface area contributed by atoms with Crippen LogP contribution in [0.4, 0.5) is 11.4 Å². The van der Waals surface area contributed by atoms with Gasteiger partial charge in [-0.3, -0.25) is 0 Å². The Morgan fingerprint density at radius 3 is 2.89 bits per heavy atom. The number of likely N-dealkylation sites (N-methyl/N-ethyl adjacent to an activating group) is 1. The molecule has 0 spiro atoms. The highest BCUT2D eigenvalue weighted by atomic mass is 15.2. The van der Waals surface area contributed by atoms with E-state index >= 15 is 0 Å². The Bertz CT molecular complexity index is 424. The van der Waals surface area contributed by atoms with E-state index in [4.69, 9.17) is 0 Å². The topological polar surface area (TPSA) is 18.5 Å². The molecule has 0 aliphatic carbocycles. The quantitative estimate of drug-likeness (QED) is 0.896. The fourth-order valence-electron chi connectivity index (χ4n) is 3.11. The van der Waals surface area contributed by atoms with E-state index in [9.17, 15) is 0 Å². The zero-order valence-electron chi connectivity index (χ0n) is 12.0. The smallest absolute Gasteiger partial charge is 0.0393 e. The molecule has 1 aromatic carbocycles. The van der Waals surface area contributed by atoms with Crippen LogP contribution in [-0.4, -0.2) is 44.7 Å². The molecule has 3 heteroatoms. The second-order valence-electron chi connectivity index (χ2n) is 5.84. The van der Waals surface area contributed by atoms with E-state index in [1.165, 1.54) is 62.3 Å². The number of rotatable bonds is 4. The molecule has 1 fully saturated rings. The number of aryl methyl sites for hydroxylation is 1. The van der Waals surface area contributed by atoms with Gasteiger partial charge in [-0.2, -0.15) is 0 Å². The van der Waals surface area contributed by atoms with E-state index < -0.39 is 0 Å². The molecule has 19 heavy (non-hydrogen) atoms. The predicted molar refractivity (Wildman–Crippen MR) is 82.2 cm³/mol. The molecule has 2 aliphatic heterocycles. The molecule has 1 aromatic rings. The minimum Gasteiger partial charge on any atom is -0.385 e. The Balaban J connectivity index is 1.60. The lowest BCUT2D eigenvalue weighted by atomic mass is 10.0. The summed E-state index contributed by atoms with van der Waals surface area (Å²) in [4.78, 5) is 4.96. The number of benzene rings is 1. The van der Waals surface area contributed by atoms with E-state index in [0.717, 1.165) is 13.1 Å². The summed E-state index contributed by atoms with van der Waals surface area (Å²) < 4.78 is 0. The summed E-state index contributed by atoms with van der Waals surface area (Å²) in [5.74, 6) is 0. The van der Waals surface area contributed by atoms with Crippen LogP contribution in [0.5, 0.6) is 0 Å². The zero-order chi connectivity index (χ0) is 13.1. The lowest BCUT2D eigenvalue weighted by molar-refractivity contribution is 0.346. The van der Waals surface area contributed by atoms with Crippen LogP contribution in [-0.2, 0) is 6.42 Å². The summed E-state index contributed by atoms with van der Waals surface area (Å²) >= 11 is 0. The molecule has 0 bridgehead atoms. The van der Waals surface area contributed by atoms with Crippen LogP contribution in [0.3, 0.4) is 0 Å². The number of nitrogens with zero attached hydrogens (tertiary/aromatic N) is 2. The maximum atomic E-state index is 3.52. The van der Waals surface area contributed by atoms with Crippen molar-refractivity contribution in [1.29, 1.82) is 0 Å². The van der Waals surface area contributed by atoms with Crippen molar-refractivity contribution in [2.24, 2.45) is 0 Å². The van der Waals surface area contributed by atoms with Crippen molar-refractivity contribution in [3.8, 4) is 0 Å². The first-order chi connectivity index (χ1) is 9.33. The van der Waals surface area contributed by atoms with E-state index in [1.807, 2.05) is 0 Å². The Kier molecular flexibility index (Phi) is 3.92. The second kappa shape index (κ2) is 5.83. The minimum atomic E-state index is 1.12. The summed E-state index contributed by atoms with van der Waals surface area (Å²) in [6, 6.07) is 6.89. The first kappa shape index (κ1) is 12.8. The molecule has 3 nitrogen and oxygen atoms in total. The Morgan fingerprint density at radius 1 is 1.21 bits per heavy atom. The molecule has 3 rings (SSSR count). The first-order valence-electron chi connectivity index (χ1n) is 7.63. The van der Waals surface area contributed by atoms with Crippen LogP contribution in [0.25, 0.3) is 0 Å². The van der Waals surface area contributed by atoms with Gasteiger partial charge in [0.1, 0.15) is 0 Å². The molecule has 1 saturated heterocycles. The van der Waals surface area contributed by atoms with Crippen molar-refractivity contribution in [1.82, 2.24) is 4.90 Å². The molecule has 0 radical (unpaired) electrons. The van der Waals surface area contributed by atoms with Gasteiger partial charge < -0.3 is 15.1 Å². The average Bonchev–Trinajstić information content (AvgIpc) is 2.97. The first-order valence-corrected chi connectivity index (χ1v) is 7.63. The van der Waals surface area contributed by atoms with Gasteiger partial charge in [-0.15, -0.1) is 0 Å². The monoisotopic (exact) mass is 259 g/mol. The molecular weight excluding hydrogens is 234 g/mol. The van der Waals surface area contributed by atoms with Crippen LogP contribution in [0.2, 0.25) is 0 Å². The Hall–Kier alpha value is -1.22. The summed E-state index contributed by atoms with van der Waals surface area (Å²) in [5, 5.41) is 3.52. The average molecular weight is 259 g/mol. The molecule has 0 saturated carbocycles. The zero-order valence-corrected chi connectivity index (χ0v) is 12.0. The normalized spacial score (nSPS) is 19.0. The highest BCUT2D eigenvalue weighted by Gasteiger charge is 2.13. The van der Waals surface area contributed by atoms with Gasteiger partial charge in [0, 0.05) is 38.1 Å². The van der Waals surface area contributed by atoms with Crippen LogP contribution >= 0.6 is 0 Å². The van der Waals surface area contributed by atoms with Gasteiger partial charge in [-0.1, -0.05) is 6.07 Å². The fraction of sp³-hybridized carbons (Fsp3) is 0.625. The van der Waals surface area contributed by atoms with Crippen molar-refractivity contribution in [3.63, 3.8) is 0 Å². The number of nitrogens with one attached hydrogen (secondary N) is 1. The third-order valence-corrected chi connectivity index (χ3v) is 4.42. The van der Waals surface area contributed by atoms with Crippen LogP contribution in [0.15, 0.2) is 18.2 Å². The third-order valence-electron chi connectivity index (χ3n) is 4.42. The summed E-state index contributed by atoms with van der Waals surface area (Å²) in [7, 11) is 2.21. The number of hydrogen-bond acceptors (Lipinski definition) is 3. The summed E-state index contributed by atoms with van der Waals surface area (Å²) in [5.41, 5.74) is 4.16. The van der Waals surface area contributed by atoms with Crippen molar-refractivity contribution >= 4 is 11.4 Å². The van der Waals surface area contributed by atoms with Crippen LogP contribution in [0, 0.1) is 0 Å². The van der Waals surface area contributed by atoms with Gasteiger partial charge >= 0.3 is 0 Å². The van der Waals surface area contributed by atoms with Crippen molar-refractivity contribution in [2.75, 3.05) is 50.0 Å². The number of fused-ring (bicyclic) bond motifs is 1. The lowest BCUT2D eigenvalue weighted by Gasteiger charge is -2.25. The molecule has 2 aliphatic rings. The summed E-state index contributed by atoms with van der Waals surface area (Å²) in [6.07, 6.45) is 5.25. The molecule has 2 heterocycles. The molecule has 0 amide bonds. The second-order valence-corrected chi connectivity index (χ2v) is 5.84. The summed E-state index contributed by atoms with van der Waals surface area (Å²) in [6.45, 7) is 6.02. The van der Waals surface area contributed by atoms with Gasteiger partial charge in [-0.05, 0) is 56.5 Å². The van der Waals surface area contributed by atoms with Crippen LogP contribution < -0.4 is 10.2 Å². The Labute approximate surface area is 116 Å². The highest BCUT2D eigenvalue weighted by Crippen LogP contribution is 2.26. The number of likely N-dealkylation sites (tertiary alicyclic amines) is 1. The predicted octanol–water partition coefficient (Wildman–Crippen LogP) is 2.58. The maximum absolute atomic E-state index is 3.52. The Morgan fingerprint density at radius 2 is 2.05 bits per heavy atom. The molecule has 0 atom stereocenters. The van der Waals surface area contributed by atoms with Crippen LogP contribution in [0.1, 0.15) is 24.8 Å². The number of anilines is 2. The minimum absolute atomic E-state index is 1.12. The van der Waals surface area contributed by atoms with Crippen molar-refractivity contribution < 1.29 is 0 Å². The van der Waals surface area contributed by atoms with Gasteiger partial charge in [0.05, 0.1) is 0 Å². The van der Waals surface area contributed by atoms with Crippen molar-refractivity contribution in [3.05, 3.63) is 23.8 Å².